The van der Waals surface area contributed by atoms with Crippen LogP contribution in [0.2, 0.25) is 0 Å². The number of nitrogens with zero attached hydrogens (tertiary/aromatic N) is 4. The van der Waals surface area contributed by atoms with E-state index in [1.807, 2.05) is 0 Å². The molecule has 1 aliphatic heterocycles. The van der Waals surface area contributed by atoms with E-state index >= 15 is 0 Å². The second-order valence-electron chi connectivity index (χ2n) is 5.84. The van der Waals surface area contributed by atoms with Gasteiger partial charge >= 0.3 is 6.18 Å². The van der Waals surface area contributed by atoms with E-state index in [1.54, 1.807) is 0 Å². The predicted molar refractivity (Wildman–Crippen MR) is 93.2 cm³/mol. The molecule has 0 unspecified atom stereocenters. The molecule has 0 radical (unpaired) electrons. The zero-order valence-electron chi connectivity index (χ0n) is 14.1. The second-order valence-corrected chi connectivity index (χ2v) is 5.84. The van der Waals surface area contributed by atoms with E-state index in [0.717, 1.165) is 17.0 Å². The molecule has 1 heterocycles. The van der Waals surface area contributed by atoms with Gasteiger partial charge in [0.25, 0.3) is 11.6 Å². The molecule has 2 aromatic rings. The average molecular weight is 388 g/mol. The zero-order valence-corrected chi connectivity index (χ0v) is 14.1. The van der Waals surface area contributed by atoms with Crippen LogP contribution in [0.5, 0.6) is 0 Å². The molecule has 1 fully saturated rings. The summed E-state index contributed by atoms with van der Waals surface area (Å²) in [6.45, 7) is 3.57. The normalized spacial score (nSPS) is 14.4. The van der Waals surface area contributed by atoms with Gasteiger partial charge in [-0.05, 0) is 30.3 Å². The fourth-order valence-electron chi connectivity index (χ4n) is 2.85. The summed E-state index contributed by atoms with van der Waals surface area (Å²) in [6, 6.07) is 9.76. The predicted octanol–water partition coefficient (Wildman–Crippen LogP) is 3.81. The summed E-state index contributed by atoms with van der Waals surface area (Å²) in [6.07, 6.45) is -4.76. The summed E-state index contributed by atoms with van der Waals surface area (Å²) in [5.74, 6) is -0.433. The van der Waals surface area contributed by atoms with Crippen molar-refractivity contribution >= 4 is 23.0 Å². The van der Waals surface area contributed by atoms with Gasteiger partial charge in [-0.1, -0.05) is 6.58 Å². The van der Waals surface area contributed by atoms with Gasteiger partial charge in [-0.2, -0.15) is 18.4 Å². The highest BCUT2D eigenvalue weighted by Gasteiger charge is 2.37. The Labute approximate surface area is 156 Å². The molecule has 0 saturated carbocycles. The van der Waals surface area contributed by atoms with Crippen LogP contribution in [0.1, 0.15) is 11.1 Å². The molecule has 2 aromatic carbocycles. The second kappa shape index (κ2) is 6.70. The maximum absolute atomic E-state index is 13.2. The Balaban J connectivity index is 1.96. The van der Waals surface area contributed by atoms with Crippen molar-refractivity contribution in [3.8, 4) is 6.07 Å². The Morgan fingerprint density at radius 2 is 1.75 bits per heavy atom. The first kappa shape index (κ1) is 18.9. The highest BCUT2D eigenvalue weighted by Crippen LogP contribution is 2.37. The first-order valence-corrected chi connectivity index (χ1v) is 7.78. The van der Waals surface area contributed by atoms with Crippen molar-refractivity contribution in [3.05, 3.63) is 76.1 Å². The molecular weight excluding hydrogens is 377 g/mol. The van der Waals surface area contributed by atoms with Crippen molar-refractivity contribution in [1.29, 1.82) is 5.26 Å². The number of rotatable bonds is 3. The Morgan fingerprint density at radius 3 is 2.29 bits per heavy atom. The first-order chi connectivity index (χ1) is 13.1. The highest BCUT2D eigenvalue weighted by molar-refractivity contribution is 6.04. The number of alkyl halides is 3. The van der Waals surface area contributed by atoms with E-state index in [1.165, 1.54) is 41.3 Å². The van der Waals surface area contributed by atoms with E-state index in [0.29, 0.717) is 5.69 Å². The van der Waals surface area contributed by atoms with Gasteiger partial charge in [-0.25, -0.2) is 0 Å². The van der Waals surface area contributed by atoms with Crippen molar-refractivity contribution in [2.45, 2.75) is 6.18 Å². The van der Waals surface area contributed by atoms with Gasteiger partial charge in [0, 0.05) is 17.8 Å². The minimum absolute atomic E-state index is 0.0780. The summed E-state index contributed by atoms with van der Waals surface area (Å²) >= 11 is 0. The molecule has 7 nitrogen and oxygen atoms in total. The number of nitro groups is 1. The molecule has 1 aliphatic rings. The Morgan fingerprint density at radius 1 is 1.14 bits per heavy atom. The third kappa shape index (κ3) is 3.25. The molecule has 1 saturated heterocycles. The number of halogens is 3. The maximum Gasteiger partial charge on any atom is 0.417 e. The van der Waals surface area contributed by atoms with Gasteiger partial charge < -0.3 is 4.90 Å². The van der Waals surface area contributed by atoms with Crippen LogP contribution in [-0.4, -0.2) is 17.4 Å². The standard InChI is InChI=1S/C18H11F3N4O3/c1-11-23(13-4-6-14(7-5-13)25(27)28)10-17(26)24(11)15-3-2-12(9-22)16(8-15)18(19,20)21/h2-8H,1,10H2. The first-order valence-electron chi connectivity index (χ1n) is 7.78. The quantitative estimate of drug-likeness (QED) is 0.589. The van der Waals surface area contributed by atoms with Gasteiger partial charge in [0.1, 0.15) is 12.4 Å². The van der Waals surface area contributed by atoms with Crippen LogP contribution in [-0.2, 0) is 11.0 Å². The fourth-order valence-corrected chi connectivity index (χ4v) is 2.85. The SMILES string of the molecule is C=C1N(c2ccc([N+](=O)[O-])cc2)CC(=O)N1c1ccc(C#N)c(C(F)(F)F)c1. The van der Waals surface area contributed by atoms with Crippen molar-refractivity contribution in [2.24, 2.45) is 0 Å². The van der Waals surface area contributed by atoms with E-state index in [2.05, 4.69) is 6.58 Å². The van der Waals surface area contributed by atoms with Crippen LogP contribution in [0.25, 0.3) is 0 Å². The monoisotopic (exact) mass is 388 g/mol. The number of nitro benzene ring substituents is 1. The number of benzene rings is 2. The highest BCUT2D eigenvalue weighted by atomic mass is 19.4. The summed E-state index contributed by atoms with van der Waals surface area (Å²) in [5.41, 5.74) is -1.50. The zero-order chi connectivity index (χ0) is 20.6. The number of non-ortho nitro benzene ring substituents is 1. The third-order valence-corrected chi connectivity index (χ3v) is 4.17. The Hall–Kier alpha value is -3.87. The van der Waals surface area contributed by atoms with E-state index in [4.69, 9.17) is 5.26 Å². The lowest BCUT2D eigenvalue weighted by Gasteiger charge is -2.23. The van der Waals surface area contributed by atoms with Gasteiger partial charge in [0.15, 0.2) is 0 Å². The lowest BCUT2D eigenvalue weighted by Crippen LogP contribution is -2.24. The van der Waals surface area contributed by atoms with Gasteiger partial charge in [-0.15, -0.1) is 0 Å². The average Bonchev–Trinajstić information content (AvgIpc) is 2.95. The minimum atomic E-state index is -4.76. The van der Waals surface area contributed by atoms with Crippen molar-refractivity contribution in [3.63, 3.8) is 0 Å². The van der Waals surface area contributed by atoms with E-state index < -0.39 is 28.1 Å². The molecule has 3 rings (SSSR count). The molecule has 28 heavy (non-hydrogen) atoms. The molecule has 142 valence electrons. The molecule has 0 spiro atoms. The molecule has 0 atom stereocenters. The van der Waals surface area contributed by atoms with Crippen LogP contribution in [0.4, 0.5) is 30.2 Å². The van der Waals surface area contributed by atoms with Crippen LogP contribution < -0.4 is 9.80 Å². The Kier molecular flexibility index (Phi) is 4.52. The fraction of sp³-hybridized carbons (Fsp3) is 0.111. The van der Waals surface area contributed by atoms with Gasteiger partial charge in [0.2, 0.25) is 0 Å². The van der Waals surface area contributed by atoms with Crippen molar-refractivity contribution in [2.75, 3.05) is 16.3 Å². The van der Waals surface area contributed by atoms with Crippen molar-refractivity contribution < 1.29 is 22.9 Å². The molecular formula is C18H11F3N4O3. The molecule has 10 heteroatoms. The number of carbonyl (C=O) groups is 1. The molecule has 1 amide bonds. The van der Waals surface area contributed by atoms with E-state index in [9.17, 15) is 28.1 Å². The van der Waals surface area contributed by atoms with Gasteiger partial charge in [-0.3, -0.25) is 19.8 Å². The number of hydrogen-bond acceptors (Lipinski definition) is 5. The molecule has 0 bridgehead atoms. The molecule has 0 aliphatic carbocycles. The number of nitriles is 1. The summed E-state index contributed by atoms with van der Waals surface area (Å²) in [4.78, 5) is 25.0. The van der Waals surface area contributed by atoms with Crippen LogP contribution in [0, 0.1) is 21.4 Å². The van der Waals surface area contributed by atoms with Crippen molar-refractivity contribution in [1.82, 2.24) is 0 Å². The number of amides is 1. The largest absolute Gasteiger partial charge is 0.417 e. The minimum Gasteiger partial charge on any atom is -0.318 e. The Bertz CT molecular complexity index is 1030. The summed E-state index contributed by atoms with van der Waals surface area (Å²) in [7, 11) is 0. The number of carbonyl (C=O) groups excluding carboxylic acids is 1. The summed E-state index contributed by atoms with van der Waals surface area (Å²) in [5, 5.41) is 19.6. The molecule has 0 aromatic heterocycles. The van der Waals surface area contributed by atoms with Gasteiger partial charge in [0.05, 0.1) is 27.8 Å². The summed E-state index contributed by atoms with van der Waals surface area (Å²) < 4.78 is 39.6. The number of anilines is 2. The smallest absolute Gasteiger partial charge is 0.318 e. The van der Waals surface area contributed by atoms with Crippen LogP contribution >= 0.6 is 0 Å². The molecule has 0 N–H and O–H groups in total. The van der Waals surface area contributed by atoms with Crippen LogP contribution in [0.15, 0.2) is 54.9 Å². The van der Waals surface area contributed by atoms with Crippen LogP contribution in [0.3, 0.4) is 0 Å². The number of hydrogen-bond donors (Lipinski definition) is 0. The maximum atomic E-state index is 13.2. The lowest BCUT2D eigenvalue weighted by atomic mass is 10.1. The third-order valence-electron chi connectivity index (χ3n) is 4.17. The van der Waals surface area contributed by atoms with E-state index in [-0.39, 0.29) is 23.7 Å². The topological polar surface area (TPSA) is 90.5 Å². The lowest BCUT2D eigenvalue weighted by molar-refractivity contribution is -0.384.